The molecule has 0 saturated carbocycles. The number of ether oxygens (including phenoxy) is 1. The van der Waals surface area contributed by atoms with Gasteiger partial charge in [-0.25, -0.2) is 0 Å². The van der Waals surface area contributed by atoms with Gasteiger partial charge in [0, 0.05) is 20.1 Å². The molecule has 0 fully saturated rings. The zero-order valence-corrected chi connectivity index (χ0v) is 10.9. The summed E-state index contributed by atoms with van der Waals surface area (Å²) in [5, 5.41) is 13.7. The van der Waals surface area contributed by atoms with Crippen molar-refractivity contribution in [1.29, 1.82) is 0 Å². The van der Waals surface area contributed by atoms with E-state index in [2.05, 4.69) is 10.6 Å². The average Bonchev–Trinajstić information content (AvgIpc) is 2.26. The van der Waals surface area contributed by atoms with E-state index in [-0.39, 0.29) is 18.9 Å². The highest BCUT2D eigenvalue weighted by Gasteiger charge is 2.30. The molecule has 0 atom stereocenters. The molecule has 0 aromatic rings. The maximum atomic E-state index is 11.4. The molecule has 0 aliphatic carbocycles. The number of hydrogen-bond acceptors (Lipinski definition) is 4. The average molecular weight is 260 g/mol. The van der Waals surface area contributed by atoms with E-state index in [0.717, 1.165) is 0 Å². The fourth-order valence-electron chi connectivity index (χ4n) is 1.07. The normalized spacial score (nSPS) is 10.8. The highest BCUT2D eigenvalue weighted by molar-refractivity contribution is 5.87. The van der Waals surface area contributed by atoms with Crippen LogP contribution in [-0.2, 0) is 19.1 Å². The molecule has 0 aliphatic heterocycles. The Morgan fingerprint density at radius 1 is 1.17 bits per heavy atom. The maximum absolute atomic E-state index is 11.4. The molecule has 0 heterocycles. The summed E-state index contributed by atoms with van der Waals surface area (Å²) in [5.41, 5.74) is -1.14. The van der Waals surface area contributed by atoms with Crippen molar-refractivity contribution in [1.82, 2.24) is 10.6 Å². The molecular weight excluding hydrogens is 240 g/mol. The minimum atomic E-state index is -1.14. The highest BCUT2D eigenvalue weighted by Crippen LogP contribution is 2.19. The predicted molar refractivity (Wildman–Crippen MR) is 63.9 cm³/mol. The minimum Gasteiger partial charge on any atom is -0.481 e. The van der Waals surface area contributed by atoms with E-state index in [4.69, 9.17) is 9.84 Å². The topological polar surface area (TPSA) is 105 Å². The van der Waals surface area contributed by atoms with Crippen LogP contribution in [0.3, 0.4) is 0 Å². The zero-order chi connectivity index (χ0) is 14.2. The molecule has 2 amide bonds. The summed E-state index contributed by atoms with van der Waals surface area (Å²) in [5.74, 6) is -1.86. The highest BCUT2D eigenvalue weighted by atomic mass is 16.5. The van der Waals surface area contributed by atoms with Gasteiger partial charge in [0.2, 0.25) is 11.8 Å². The van der Waals surface area contributed by atoms with Gasteiger partial charge in [0.25, 0.3) is 0 Å². The second-order valence-electron chi connectivity index (χ2n) is 4.49. The monoisotopic (exact) mass is 260 g/mol. The van der Waals surface area contributed by atoms with E-state index >= 15 is 0 Å². The first kappa shape index (κ1) is 16.4. The van der Waals surface area contributed by atoms with Gasteiger partial charge in [-0.15, -0.1) is 0 Å². The van der Waals surface area contributed by atoms with Crippen LogP contribution in [0, 0.1) is 5.41 Å². The van der Waals surface area contributed by atoms with Crippen LogP contribution in [0.25, 0.3) is 0 Å². The number of carbonyl (C=O) groups excluding carboxylic acids is 2. The molecular formula is C11H20N2O5. The summed E-state index contributed by atoms with van der Waals surface area (Å²) >= 11 is 0. The first-order valence-corrected chi connectivity index (χ1v) is 5.55. The van der Waals surface area contributed by atoms with E-state index in [0.29, 0.717) is 13.2 Å². The van der Waals surface area contributed by atoms with Gasteiger partial charge in [-0.3, -0.25) is 14.4 Å². The van der Waals surface area contributed by atoms with Crippen LogP contribution in [0.15, 0.2) is 0 Å². The second kappa shape index (κ2) is 7.65. The van der Waals surface area contributed by atoms with Crippen molar-refractivity contribution in [3.63, 3.8) is 0 Å². The number of hydrogen-bond donors (Lipinski definition) is 3. The van der Waals surface area contributed by atoms with Crippen LogP contribution in [0.5, 0.6) is 0 Å². The molecule has 0 bridgehead atoms. The van der Waals surface area contributed by atoms with Crippen LogP contribution in [0.2, 0.25) is 0 Å². The molecule has 18 heavy (non-hydrogen) atoms. The van der Waals surface area contributed by atoms with Crippen molar-refractivity contribution in [2.75, 3.05) is 26.8 Å². The number of aliphatic carboxylic acids is 1. The number of rotatable bonds is 8. The standard InChI is InChI=1S/C11H20N2O5/c1-11(2,10(16)17)6-8(14)13-7-9(15)12-4-5-18-3/h4-7H2,1-3H3,(H,12,15)(H,13,14)(H,16,17). The Morgan fingerprint density at radius 3 is 2.28 bits per heavy atom. The number of amides is 2. The van der Waals surface area contributed by atoms with Crippen molar-refractivity contribution in [3.05, 3.63) is 0 Å². The Morgan fingerprint density at radius 2 is 1.78 bits per heavy atom. The SMILES string of the molecule is COCCNC(=O)CNC(=O)CC(C)(C)C(=O)O. The van der Waals surface area contributed by atoms with Crippen LogP contribution in [-0.4, -0.2) is 49.7 Å². The molecule has 104 valence electrons. The maximum Gasteiger partial charge on any atom is 0.309 e. The second-order valence-corrected chi connectivity index (χ2v) is 4.49. The Hall–Kier alpha value is -1.63. The molecule has 7 nitrogen and oxygen atoms in total. The lowest BCUT2D eigenvalue weighted by Crippen LogP contribution is -2.40. The first-order valence-electron chi connectivity index (χ1n) is 5.55. The van der Waals surface area contributed by atoms with Crippen molar-refractivity contribution in [2.24, 2.45) is 5.41 Å². The van der Waals surface area contributed by atoms with Gasteiger partial charge in [-0.1, -0.05) is 0 Å². The lowest BCUT2D eigenvalue weighted by molar-refractivity contribution is -0.149. The van der Waals surface area contributed by atoms with Crippen LogP contribution < -0.4 is 10.6 Å². The molecule has 0 radical (unpaired) electrons. The molecule has 0 spiro atoms. The molecule has 0 aromatic heterocycles. The van der Waals surface area contributed by atoms with E-state index in [9.17, 15) is 14.4 Å². The lowest BCUT2D eigenvalue weighted by atomic mass is 9.89. The Balaban J connectivity index is 3.90. The number of nitrogens with one attached hydrogen (secondary N) is 2. The molecule has 0 saturated heterocycles. The fourth-order valence-corrected chi connectivity index (χ4v) is 1.07. The third-order valence-electron chi connectivity index (χ3n) is 2.26. The molecule has 0 aromatic carbocycles. The summed E-state index contributed by atoms with van der Waals surface area (Å²) in [7, 11) is 1.52. The molecule has 7 heteroatoms. The number of carbonyl (C=O) groups is 3. The third kappa shape index (κ3) is 6.85. The smallest absolute Gasteiger partial charge is 0.309 e. The Labute approximate surface area is 106 Å². The predicted octanol–water partition coefficient (Wildman–Crippen LogP) is -0.634. The Bertz CT molecular complexity index is 315. The number of carboxylic acids is 1. The summed E-state index contributed by atoms with van der Waals surface area (Å²) < 4.78 is 4.74. The van der Waals surface area contributed by atoms with Crippen LogP contribution in [0.1, 0.15) is 20.3 Å². The van der Waals surface area contributed by atoms with Gasteiger partial charge in [-0.05, 0) is 13.8 Å². The van der Waals surface area contributed by atoms with Gasteiger partial charge < -0.3 is 20.5 Å². The van der Waals surface area contributed by atoms with E-state index in [1.807, 2.05) is 0 Å². The van der Waals surface area contributed by atoms with Gasteiger partial charge in [0.1, 0.15) is 0 Å². The van der Waals surface area contributed by atoms with Crippen LogP contribution >= 0.6 is 0 Å². The summed E-state index contributed by atoms with van der Waals surface area (Å²) in [6.07, 6.45) is -0.173. The van der Waals surface area contributed by atoms with Gasteiger partial charge in [0.15, 0.2) is 0 Å². The van der Waals surface area contributed by atoms with Crippen molar-refractivity contribution >= 4 is 17.8 Å². The summed E-state index contributed by atoms with van der Waals surface area (Å²) in [6, 6.07) is 0. The van der Waals surface area contributed by atoms with Crippen molar-refractivity contribution in [3.8, 4) is 0 Å². The first-order chi connectivity index (χ1) is 8.29. The van der Waals surface area contributed by atoms with E-state index < -0.39 is 17.3 Å². The molecule has 0 aliphatic rings. The van der Waals surface area contributed by atoms with E-state index in [1.54, 1.807) is 0 Å². The number of methoxy groups -OCH3 is 1. The van der Waals surface area contributed by atoms with Crippen molar-refractivity contribution < 1.29 is 24.2 Å². The quantitative estimate of drug-likeness (QED) is 0.504. The van der Waals surface area contributed by atoms with E-state index in [1.165, 1.54) is 21.0 Å². The third-order valence-corrected chi connectivity index (χ3v) is 2.26. The van der Waals surface area contributed by atoms with Crippen molar-refractivity contribution in [2.45, 2.75) is 20.3 Å². The molecule has 0 unspecified atom stereocenters. The fraction of sp³-hybridized carbons (Fsp3) is 0.727. The van der Waals surface area contributed by atoms with Crippen LogP contribution in [0.4, 0.5) is 0 Å². The number of carboxylic acid groups (broad SMARTS) is 1. The minimum absolute atomic E-state index is 0.168. The zero-order valence-electron chi connectivity index (χ0n) is 10.9. The van der Waals surface area contributed by atoms with Gasteiger partial charge >= 0.3 is 5.97 Å². The summed E-state index contributed by atoms with van der Waals surface area (Å²) in [6.45, 7) is 3.50. The molecule has 0 rings (SSSR count). The lowest BCUT2D eigenvalue weighted by Gasteiger charge is -2.18. The van der Waals surface area contributed by atoms with Gasteiger partial charge in [-0.2, -0.15) is 0 Å². The Kier molecular flexibility index (Phi) is 6.96. The molecule has 3 N–H and O–H groups in total. The summed E-state index contributed by atoms with van der Waals surface area (Å²) in [4.78, 5) is 33.4. The van der Waals surface area contributed by atoms with Gasteiger partial charge in [0.05, 0.1) is 18.6 Å². The largest absolute Gasteiger partial charge is 0.481 e.